The number of carboxylic acid groups (broad SMARTS) is 1. The summed E-state index contributed by atoms with van der Waals surface area (Å²) >= 11 is 0. The van der Waals surface area contributed by atoms with Crippen molar-refractivity contribution in [3.63, 3.8) is 0 Å². The van der Waals surface area contributed by atoms with Crippen LogP contribution in [-0.2, 0) is 12.8 Å². The predicted octanol–water partition coefficient (Wildman–Crippen LogP) is 2.70. The second-order valence-corrected chi connectivity index (χ2v) is 3.93. The maximum atomic E-state index is 12.7. The lowest BCUT2D eigenvalue weighted by Crippen LogP contribution is -2.05. The van der Waals surface area contributed by atoms with E-state index in [9.17, 15) is 9.18 Å². The number of hydrogen-bond acceptors (Lipinski definition) is 2. The van der Waals surface area contributed by atoms with E-state index in [2.05, 4.69) is 4.98 Å². The number of halogens is 1. The van der Waals surface area contributed by atoms with Crippen LogP contribution in [-0.4, -0.2) is 16.1 Å². The molecule has 0 saturated heterocycles. The summed E-state index contributed by atoms with van der Waals surface area (Å²) in [6.45, 7) is 0. The van der Waals surface area contributed by atoms with Gasteiger partial charge in [0.15, 0.2) is 0 Å². The molecule has 3 nitrogen and oxygen atoms in total. The molecule has 1 heterocycles. The molecule has 18 heavy (non-hydrogen) atoms. The van der Waals surface area contributed by atoms with Crippen LogP contribution < -0.4 is 0 Å². The van der Waals surface area contributed by atoms with E-state index in [1.54, 1.807) is 24.4 Å². The van der Waals surface area contributed by atoms with E-state index < -0.39 is 5.97 Å². The van der Waals surface area contributed by atoms with E-state index in [0.29, 0.717) is 18.5 Å². The van der Waals surface area contributed by atoms with E-state index in [0.717, 1.165) is 5.56 Å². The predicted molar refractivity (Wildman–Crippen MR) is 65.0 cm³/mol. The summed E-state index contributed by atoms with van der Waals surface area (Å²) in [5, 5.41) is 9.01. The Hall–Kier alpha value is -2.23. The lowest BCUT2D eigenvalue weighted by atomic mass is 10.0. The van der Waals surface area contributed by atoms with Crippen molar-refractivity contribution in [1.29, 1.82) is 0 Å². The molecule has 2 rings (SSSR count). The first-order valence-electron chi connectivity index (χ1n) is 5.58. The third-order valence-electron chi connectivity index (χ3n) is 2.68. The van der Waals surface area contributed by atoms with Crippen molar-refractivity contribution in [3.05, 3.63) is 65.2 Å². The summed E-state index contributed by atoms with van der Waals surface area (Å²) in [6.07, 6.45) is 2.73. The van der Waals surface area contributed by atoms with Gasteiger partial charge in [0, 0.05) is 6.20 Å². The summed E-state index contributed by atoms with van der Waals surface area (Å²) < 4.78 is 12.7. The Morgan fingerprint density at radius 2 is 1.89 bits per heavy atom. The third-order valence-corrected chi connectivity index (χ3v) is 2.68. The molecule has 1 aromatic heterocycles. The molecular formula is C14H12FNO2. The van der Waals surface area contributed by atoms with Crippen LogP contribution in [0.15, 0.2) is 42.6 Å². The van der Waals surface area contributed by atoms with E-state index in [4.69, 9.17) is 5.11 Å². The summed E-state index contributed by atoms with van der Waals surface area (Å²) in [5.41, 5.74) is 1.73. The number of rotatable bonds is 4. The second kappa shape index (κ2) is 5.40. The topological polar surface area (TPSA) is 50.2 Å². The average Bonchev–Trinajstić information content (AvgIpc) is 2.38. The Kier molecular flexibility index (Phi) is 3.67. The van der Waals surface area contributed by atoms with Crippen molar-refractivity contribution in [1.82, 2.24) is 4.98 Å². The molecule has 0 aliphatic rings. The van der Waals surface area contributed by atoms with Gasteiger partial charge in [-0.15, -0.1) is 0 Å². The minimum absolute atomic E-state index is 0.222. The number of carboxylic acids is 1. The van der Waals surface area contributed by atoms with Crippen LogP contribution in [0, 0.1) is 5.82 Å². The molecule has 0 aliphatic carbocycles. The highest BCUT2D eigenvalue weighted by atomic mass is 19.1. The molecule has 0 atom stereocenters. The SMILES string of the molecule is O=C(O)c1cccnc1CCc1ccc(F)cc1. The number of nitrogens with zero attached hydrogens (tertiary/aromatic N) is 1. The maximum Gasteiger partial charge on any atom is 0.337 e. The first-order valence-corrected chi connectivity index (χ1v) is 5.58. The van der Waals surface area contributed by atoms with Crippen molar-refractivity contribution in [2.75, 3.05) is 0 Å². The summed E-state index contributed by atoms with van der Waals surface area (Å²) in [6, 6.07) is 9.31. The summed E-state index contributed by atoms with van der Waals surface area (Å²) in [7, 11) is 0. The zero-order valence-electron chi connectivity index (χ0n) is 9.64. The van der Waals surface area contributed by atoms with Crippen LogP contribution in [0.1, 0.15) is 21.6 Å². The molecule has 0 fully saturated rings. The fourth-order valence-electron chi connectivity index (χ4n) is 1.75. The van der Waals surface area contributed by atoms with Gasteiger partial charge in [-0.25, -0.2) is 9.18 Å². The molecule has 0 bridgehead atoms. The molecule has 0 saturated carbocycles. The Balaban J connectivity index is 2.10. The van der Waals surface area contributed by atoms with Gasteiger partial charge in [0.2, 0.25) is 0 Å². The molecular weight excluding hydrogens is 233 g/mol. The first-order chi connectivity index (χ1) is 8.66. The van der Waals surface area contributed by atoms with Crippen molar-refractivity contribution in [2.45, 2.75) is 12.8 Å². The van der Waals surface area contributed by atoms with E-state index in [1.807, 2.05) is 0 Å². The van der Waals surface area contributed by atoms with Crippen LogP contribution in [0.4, 0.5) is 4.39 Å². The molecule has 4 heteroatoms. The normalized spacial score (nSPS) is 10.3. The van der Waals surface area contributed by atoms with Gasteiger partial charge in [-0.1, -0.05) is 12.1 Å². The van der Waals surface area contributed by atoms with Gasteiger partial charge in [-0.2, -0.15) is 0 Å². The van der Waals surface area contributed by atoms with Crippen LogP contribution >= 0.6 is 0 Å². The van der Waals surface area contributed by atoms with Gasteiger partial charge in [-0.05, 0) is 42.7 Å². The zero-order valence-corrected chi connectivity index (χ0v) is 9.64. The number of benzene rings is 1. The average molecular weight is 245 g/mol. The molecule has 0 spiro atoms. The second-order valence-electron chi connectivity index (χ2n) is 3.93. The fraction of sp³-hybridized carbons (Fsp3) is 0.143. The minimum atomic E-state index is -0.975. The Morgan fingerprint density at radius 1 is 1.17 bits per heavy atom. The third kappa shape index (κ3) is 2.91. The van der Waals surface area contributed by atoms with Crippen LogP contribution in [0.25, 0.3) is 0 Å². The lowest BCUT2D eigenvalue weighted by Gasteiger charge is -2.04. The van der Waals surface area contributed by atoms with Gasteiger partial charge < -0.3 is 5.11 Å². The van der Waals surface area contributed by atoms with Crippen LogP contribution in [0.5, 0.6) is 0 Å². The summed E-state index contributed by atoms with van der Waals surface area (Å²) in [4.78, 5) is 15.1. The molecule has 2 aromatic rings. The van der Waals surface area contributed by atoms with Crippen LogP contribution in [0.3, 0.4) is 0 Å². The Bertz CT molecular complexity index is 552. The van der Waals surface area contributed by atoms with Crippen molar-refractivity contribution in [3.8, 4) is 0 Å². The zero-order chi connectivity index (χ0) is 13.0. The van der Waals surface area contributed by atoms with Gasteiger partial charge in [0.1, 0.15) is 5.82 Å². The monoisotopic (exact) mass is 245 g/mol. The van der Waals surface area contributed by atoms with Crippen molar-refractivity contribution in [2.24, 2.45) is 0 Å². The molecule has 0 aliphatic heterocycles. The number of aryl methyl sites for hydroxylation is 2. The minimum Gasteiger partial charge on any atom is -0.478 e. The molecule has 0 unspecified atom stereocenters. The van der Waals surface area contributed by atoms with Crippen molar-refractivity contribution < 1.29 is 14.3 Å². The number of aromatic nitrogens is 1. The number of hydrogen-bond donors (Lipinski definition) is 1. The summed E-state index contributed by atoms with van der Waals surface area (Å²) in [5.74, 6) is -1.25. The molecule has 0 amide bonds. The molecule has 0 radical (unpaired) electrons. The fourth-order valence-corrected chi connectivity index (χ4v) is 1.75. The van der Waals surface area contributed by atoms with Gasteiger partial charge in [-0.3, -0.25) is 4.98 Å². The maximum absolute atomic E-state index is 12.7. The van der Waals surface area contributed by atoms with Gasteiger partial charge in [0.25, 0.3) is 0 Å². The standard InChI is InChI=1S/C14H12FNO2/c15-11-6-3-10(4-7-11)5-8-13-12(14(17)18)2-1-9-16-13/h1-4,6-7,9H,5,8H2,(H,17,18). The largest absolute Gasteiger partial charge is 0.478 e. The van der Waals surface area contributed by atoms with E-state index >= 15 is 0 Å². The van der Waals surface area contributed by atoms with Gasteiger partial charge >= 0.3 is 5.97 Å². The number of carbonyl (C=O) groups is 1. The highest BCUT2D eigenvalue weighted by Gasteiger charge is 2.10. The number of aromatic carboxylic acids is 1. The highest BCUT2D eigenvalue weighted by molar-refractivity contribution is 5.88. The quantitative estimate of drug-likeness (QED) is 0.901. The first kappa shape index (κ1) is 12.2. The Morgan fingerprint density at radius 3 is 2.56 bits per heavy atom. The van der Waals surface area contributed by atoms with Gasteiger partial charge in [0.05, 0.1) is 11.3 Å². The van der Waals surface area contributed by atoms with E-state index in [-0.39, 0.29) is 11.4 Å². The lowest BCUT2D eigenvalue weighted by molar-refractivity contribution is 0.0695. The molecule has 92 valence electrons. The molecule has 1 aromatic carbocycles. The van der Waals surface area contributed by atoms with Crippen LogP contribution in [0.2, 0.25) is 0 Å². The van der Waals surface area contributed by atoms with E-state index in [1.165, 1.54) is 18.2 Å². The highest BCUT2D eigenvalue weighted by Crippen LogP contribution is 2.11. The smallest absolute Gasteiger partial charge is 0.337 e. The Labute approximate surface area is 104 Å². The van der Waals surface area contributed by atoms with Crippen molar-refractivity contribution >= 4 is 5.97 Å². The number of pyridine rings is 1. The molecule has 1 N–H and O–H groups in total.